The number of sulfonamides is 1. The fourth-order valence-corrected chi connectivity index (χ4v) is 6.80. The van der Waals surface area contributed by atoms with Gasteiger partial charge in [0.25, 0.3) is 10.0 Å². The Bertz CT molecular complexity index is 1770. The van der Waals surface area contributed by atoms with E-state index in [1.54, 1.807) is 54.6 Å². The number of benzene rings is 4. The molecule has 0 spiro atoms. The Balaban J connectivity index is 1.83. The molecule has 0 aromatic heterocycles. The Labute approximate surface area is 282 Å². The number of amides is 2. The van der Waals surface area contributed by atoms with E-state index in [0.717, 1.165) is 21.0 Å². The van der Waals surface area contributed by atoms with Crippen LogP contribution in [0, 0.1) is 13.8 Å². The van der Waals surface area contributed by atoms with Gasteiger partial charge < -0.3 is 10.2 Å². The van der Waals surface area contributed by atoms with Crippen molar-refractivity contribution in [1.29, 1.82) is 0 Å². The molecule has 242 valence electrons. The molecule has 10 heteroatoms. The van der Waals surface area contributed by atoms with Gasteiger partial charge in [0, 0.05) is 28.5 Å². The number of halogens is 2. The summed E-state index contributed by atoms with van der Waals surface area (Å²) in [6.07, 6.45) is 0.189. The maximum Gasteiger partial charge on any atom is 0.264 e. The van der Waals surface area contributed by atoms with Crippen molar-refractivity contribution in [3.63, 3.8) is 0 Å². The molecule has 0 aliphatic carbocycles. The van der Waals surface area contributed by atoms with Crippen molar-refractivity contribution in [2.75, 3.05) is 10.8 Å². The molecule has 1 N–H and O–H groups in total. The Hall–Kier alpha value is -3.85. The molecule has 0 saturated heterocycles. The number of hydrogen-bond acceptors (Lipinski definition) is 4. The fourth-order valence-electron chi connectivity index (χ4n) is 4.92. The normalized spacial score (nSPS) is 12.3. The van der Waals surface area contributed by atoms with E-state index in [1.807, 2.05) is 65.0 Å². The van der Waals surface area contributed by atoms with Gasteiger partial charge in [0.05, 0.1) is 10.6 Å². The summed E-state index contributed by atoms with van der Waals surface area (Å²) in [7, 11) is -4.19. The molecule has 1 atom stereocenters. The molecule has 4 aromatic carbocycles. The SMILES string of the molecule is Cc1ccc(N(CC(=O)N(Cc2ccc(Cl)cc2Cl)[C@@H](Cc2ccccc2)C(=O)NC(C)(C)C)S(=O)(=O)c2ccc(C)cc2)cc1. The average molecular weight is 681 g/mol. The second-order valence-electron chi connectivity index (χ2n) is 12.4. The van der Waals surface area contributed by atoms with E-state index < -0.39 is 34.1 Å². The van der Waals surface area contributed by atoms with Crippen LogP contribution in [0.15, 0.2) is 102 Å². The van der Waals surface area contributed by atoms with Crippen molar-refractivity contribution < 1.29 is 18.0 Å². The van der Waals surface area contributed by atoms with Crippen molar-refractivity contribution in [3.8, 4) is 0 Å². The second-order valence-corrected chi connectivity index (χ2v) is 15.1. The van der Waals surface area contributed by atoms with Crippen LogP contribution < -0.4 is 9.62 Å². The van der Waals surface area contributed by atoms with Gasteiger partial charge in [-0.05, 0) is 82.1 Å². The summed E-state index contributed by atoms with van der Waals surface area (Å²) >= 11 is 12.8. The van der Waals surface area contributed by atoms with Crippen LogP contribution in [0.25, 0.3) is 0 Å². The van der Waals surface area contributed by atoms with Gasteiger partial charge >= 0.3 is 0 Å². The van der Waals surface area contributed by atoms with Crippen LogP contribution >= 0.6 is 23.2 Å². The number of aryl methyl sites for hydroxylation is 2. The molecule has 4 aromatic rings. The van der Waals surface area contributed by atoms with Gasteiger partial charge in [-0.3, -0.25) is 13.9 Å². The highest BCUT2D eigenvalue weighted by Gasteiger charge is 2.36. The Kier molecular flexibility index (Phi) is 11.2. The highest BCUT2D eigenvalue weighted by molar-refractivity contribution is 7.92. The molecule has 4 rings (SSSR count). The minimum Gasteiger partial charge on any atom is -0.350 e. The Morgan fingerprint density at radius 1 is 0.826 bits per heavy atom. The van der Waals surface area contributed by atoms with Gasteiger partial charge in [-0.2, -0.15) is 0 Å². The van der Waals surface area contributed by atoms with Crippen LogP contribution in [0.3, 0.4) is 0 Å². The molecule has 2 amide bonds. The summed E-state index contributed by atoms with van der Waals surface area (Å²) in [4.78, 5) is 30.0. The van der Waals surface area contributed by atoms with Gasteiger partial charge in [0.1, 0.15) is 12.6 Å². The van der Waals surface area contributed by atoms with Crippen molar-refractivity contribution >= 4 is 50.7 Å². The average Bonchev–Trinajstić information content (AvgIpc) is 2.99. The lowest BCUT2D eigenvalue weighted by molar-refractivity contribution is -0.140. The lowest BCUT2D eigenvalue weighted by Crippen LogP contribution is -2.56. The second kappa shape index (κ2) is 14.7. The summed E-state index contributed by atoms with van der Waals surface area (Å²) in [5.74, 6) is -0.953. The first-order chi connectivity index (χ1) is 21.6. The maximum absolute atomic E-state index is 14.6. The first-order valence-electron chi connectivity index (χ1n) is 14.9. The quantitative estimate of drug-likeness (QED) is 0.179. The minimum absolute atomic E-state index is 0.0464. The highest BCUT2D eigenvalue weighted by Crippen LogP contribution is 2.28. The topological polar surface area (TPSA) is 86.8 Å². The van der Waals surface area contributed by atoms with Crippen LogP contribution in [0.4, 0.5) is 5.69 Å². The predicted molar refractivity (Wildman–Crippen MR) is 186 cm³/mol. The molecular weight excluding hydrogens is 641 g/mol. The van der Waals surface area contributed by atoms with E-state index in [2.05, 4.69) is 5.32 Å². The van der Waals surface area contributed by atoms with Crippen molar-refractivity contribution in [2.24, 2.45) is 0 Å². The van der Waals surface area contributed by atoms with Crippen molar-refractivity contribution in [1.82, 2.24) is 10.2 Å². The summed E-state index contributed by atoms with van der Waals surface area (Å²) < 4.78 is 29.4. The zero-order chi connectivity index (χ0) is 33.6. The predicted octanol–water partition coefficient (Wildman–Crippen LogP) is 7.36. The molecule has 7 nitrogen and oxygen atoms in total. The van der Waals surface area contributed by atoms with E-state index in [9.17, 15) is 18.0 Å². The molecule has 0 unspecified atom stereocenters. The summed E-state index contributed by atoms with van der Waals surface area (Å²) in [6, 6.07) is 26.7. The van der Waals surface area contributed by atoms with Crippen LogP contribution in [0.5, 0.6) is 0 Å². The van der Waals surface area contributed by atoms with Crippen LogP contribution in [0.1, 0.15) is 43.0 Å². The van der Waals surface area contributed by atoms with E-state index in [1.165, 1.54) is 17.0 Å². The van der Waals surface area contributed by atoms with Gasteiger partial charge in [-0.1, -0.05) is 95.0 Å². The van der Waals surface area contributed by atoms with E-state index in [0.29, 0.717) is 21.3 Å². The van der Waals surface area contributed by atoms with E-state index >= 15 is 0 Å². The molecule has 0 fully saturated rings. The number of carbonyl (C=O) groups is 2. The summed E-state index contributed by atoms with van der Waals surface area (Å²) in [5.41, 5.74) is 2.95. The monoisotopic (exact) mass is 679 g/mol. The number of nitrogens with one attached hydrogen (secondary N) is 1. The van der Waals surface area contributed by atoms with Gasteiger partial charge in [0.2, 0.25) is 11.8 Å². The van der Waals surface area contributed by atoms with E-state index in [4.69, 9.17) is 23.2 Å². The van der Waals surface area contributed by atoms with Crippen LogP contribution in [0.2, 0.25) is 10.0 Å². The number of hydrogen-bond donors (Lipinski definition) is 1. The van der Waals surface area contributed by atoms with Gasteiger partial charge in [-0.15, -0.1) is 0 Å². The van der Waals surface area contributed by atoms with Crippen molar-refractivity contribution in [2.45, 2.75) is 64.1 Å². The molecule has 0 bridgehead atoms. The van der Waals surface area contributed by atoms with Crippen LogP contribution in [-0.2, 0) is 32.6 Å². The smallest absolute Gasteiger partial charge is 0.264 e. The van der Waals surface area contributed by atoms with Gasteiger partial charge in [0.15, 0.2) is 0 Å². The molecule has 0 radical (unpaired) electrons. The highest BCUT2D eigenvalue weighted by atomic mass is 35.5. The standard InChI is InChI=1S/C36H39Cl2N3O4S/c1-25-11-17-30(18-12-25)41(46(44,45)31-19-13-26(2)14-20-31)24-34(42)40(23-28-15-16-29(37)22-32(28)38)33(35(43)39-36(3,4)5)21-27-9-7-6-8-10-27/h6-20,22,33H,21,23-24H2,1-5H3,(H,39,43)/t33-/m0/s1. The van der Waals surface area contributed by atoms with Crippen molar-refractivity contribution in [3.05, 3.63) is 129 Å². The minimum atomic E-state index is -4.19. The third-order valence-electron chi connectivity index (χ3n) is 7.33. The molecule has 0 aliphatic heterocycles. The van der Waals surface area contributed by atoms with Crippen LogP contribution in [-0.4, -0.2) is 43.3 Å². The lowest BCUT2D eigenvalue weighted by Gasteiger charge is -2.35. The third-order valence-corrected chi connectivity index (χ3v) is 9.71. The maximum atomic E-state index is 14.6. The Morgan fingerprint density at radius 3 is 1.98 bits per heavy atom. The Morgan fingerprint density at radius 2 is 1.41 bits per heavy atom. The molecular formula is C36H39Cl2N3O4S. The number of nitrogens with zero attached hydrogens (tertiary/aromatic N) is 2. The lowest BCUT2D eigenvalue weighted by atomic mass is 10.0. The van der Waals surface area contributed by atoms with E-state index in [-0.39, 0.29) is 23.8 Å². The summed E-state index contributed by atoms with van der Waals surface area (Å²) in [6.45, 7) is 8.73. The largest absolute Gasteiger partial charge is 0.350 e. The number of carbonyl (C=O) groups excluding carboxylic acids is 2. The fraction of sp³-hybridized carbons (Fsp3) is 0.278. The molecule has 46 heavy (non-hydrogen) atoms. The molecule has 0 heterocycles. The third kappa shape index (κ3) is 9.12. The van der Waals surface area contributed by atoms with Gasteiger partial charge in [-0.25, -0.2) is 8.42 Å². The molecule has 0 saturated carbocycles. The zero-order valence-corrected chi connectivity index (χ0v) is 29.0. The zero-order valence-electron chi connectivity index (χ0n) is 26.6. The first kappa shape index (κ1) is 35.0. The molecule has 0 aliphatic rings. The summed E-state index contributed by atoms with van der Waals surface area (Å²) in [5, 5.41) is 3.76. The first-order valence-corrected chi connectivity index (χ1v) is 17.1. The number of rotatable bonds is 11. The number of anilines is 1.